The molecule has 1 heterocycles. The first-order chi connectivity index (χ1) is 9.06. The number of benzene rings is 1. The van der Waals surface area contributed by atoms with Crippen molar-refractivity contribution in [2.24, 2.45) is 12.8 Å². The summed E-state index contributed by atoms with van der Waals surface area (Å²) in [7, 11) is 3.31. The highest BCUT2D eigenvalue weighted by Crippen LogP contribution is 2.27. The normalized spacial score (nSPS) is 12.5. The van der Waals surface area contributed by atoms with E-state index in [0.29, 0.717) is 6.54 Å². The molecule has 2 N–H and O–H groups in total. The number of nitrogens with zero attached hydrogens (tertiary/aromatic N) is 2. The third kappa shape index (κ3) is 2.61. The summed E-state index contributed by atoms with van der Waals surface area (Å²) in [6.07, 6.45) is 0. The van der Waals surface area contributed by atoms with Crippen LogP contribution in [0.15, 0.2) is 24.3 Å². The number of methoxy groups -OCH3 is 1. The highest BCUT2D eigenvalue weighted by atomic mass is 19.1. The lowest BCUT2D eigenvalue weighted by atomic mass is 9.95. The minimum absolute atomic E-state index is 0.0772. The van der Waals surface area contributed by atoms with Crippen LogP contribution in [0.2, 0.25) is 0 Å². The molecule has 1 atom stereocenters. The first kappa shape index (κ1) is 13.5. The largest absolute Gasteiger partial charge is 0.494 e. The molecule has 0 amide bonds. The summed E-state index contributed by atoms with van der Waals surface area (Å²) < 4.78 is 20.5. The van der Waals surface area contributed by atoms with Crippen LogP contribution in [-0.4, -0.2) is 23.4 Å². The maximum absolute atomic E-state index is 13.8. The van der Waals surface area contributed by atoms with Gasteiger partial charge in [-0.2, -0.15) is 5.10 Å². The van der Waals surface area contributed by atoms with Gasteiger partial charge in [-0.1, -0.05) is 6.07 Å². The lowest BCUT2D eigenvalue weighted by molar-refractivity contribution is 0.386. The Labute approximate surface area is 112 Å². The molecule has 0 saturated carbocycles. The Hall–Kier alpha value is -1.88. The van der Waals surface area contributed by atoms with Gasteiger partial charge < -0.3 is 10.5 Å². The number of hydrogen-bond acceptors (Lipinski definition) is 3. The maximum Gasteiger partial charge on any atom is 0.165 e. The van der Waals surface area contributed by atoms with Crippen molar-refractivity contribution in [1.82, 2.24) is 9.78 Å². The van der Waals surface area contributed by atoms with Gasteiger partial charge in [0.1, 0.15) is 0 Å². The van der Waals surface area contributed by atoms with Crippen LogP contribution >= 0.6 is 0 Å². The fraction of sp³-hybridized carbons (Fsp3) is 0.357. The molecule has 0 radical (unpaired) electrons. The average molecular weight is 263 g/mol. The molecule has 1 aromatic heterocycles. The minimum atomic E-state index is -0.377. The summed E-state index contributed by atoms with van der Waals surface area (Å²) in [6, 6.07) is 6.90. The minimum Gasteiger partial charge on any atom is -0.494 e. The van der Waals surface area contributed by atoms with Crippen LogP contribution in [-0.2, 0) is 7.05 Å². The van der Waals surface area contributed by atoms with Crippen molar-refractivity contribution in [3.63, 3.8) is 0 Å². The van der Waals surface area contributed by atoms with E-state index in [2.05, 4.69) is 5.10 Å². The number of aryl methyl sites for hydroxylation is 2. The zero-order chi connectivity index (χ0) is 14.0. The molecule has 0 aliphatic carbocycles. The highest BCUT2D eigenvalue weighted by Gasteiger charge is 2.18. The Morgan fingerprint density at radius 1 is 1.42 bits per heavy atom. The smallest absolute Gasteiger partial charge is 0.165 e. The Balaban J connectivity index is 2.42. The van der Waals surface area contributed by atoms with Gasteiger partial charge in [0.05, 0.1) is 12.8 Å². The molecule has 0 spiro atoms. The molecule has 102 valence electrons. The van der Waals surface area contributed by atoms with Crippen molar-refractivity contribution in [1.29, 1.82) is 0 Å². The fourth-order valence-corrected chi connectivity index (χ4v) is 2.28. The zero-order valence-electron chi connectivity index (χ0n) is 11.4. The van der Waals surface area contributed by atoms with Gasteiger partial charge in [0, 0.05) is 25.2 Å². The van der Waals surface area contributed by atoms with Crippen LogP contribution in [0.1, 0.15) is 22.9 Å². The lowest BCUT2D eigenvalue weighted by Gasteiger charge is -2.16. The predicted molar refractivity (Wildman–Crippen MR) is 71.8 cm³/mol. The van der Waals surface area contributed by atoms with Crippen LogP contribution in [0.4, 0.5) is 4.39 Å². The second-order valence-electron chi connectivity index (χ2n) is 4.52. The van der Waals surface area contributed by atoms with E-state index in [-0.39, 0.29) is 17.5 Å². The van der Waals surface area contributed by atoms with Crippen molar-refractivity contribution in [3.05, 3.63) is 47.0 Å². The third-order valence-corrected chi connectivity index (χ3v) is 3.21. The maximum atomic E-state index is 13.8. The van der Waals surface area contributed by atoms with E-state index in [1.807, 2.05) is 26.1 Å². The summed E-state index contributed by atoms with van der Waals surface area (Å²) in [6.45, 7) is 2.32. The third-order valence-electron chi connectivity index (χ3n) is 3.21. The van der Waals surface area contributed by atoms with Gasteiger partial charge in [-0.3, -0.25) is 4.68 Å². The molecule has 0 saturated heterocycles. The van der Waals surface area contributed by atoms with E-state index in [1.165, 1.54) is 13.2 Å². The van der Waals surface area contributed by atoms with Gasteiger partial charge in [0.2, 0.25) is 0 Å². The fourth-order valence-electron chi connectivity index (χ4n) is 2.28. The van der Waals surface area contributed by atoms with Crippen LogP contribution in [0, 0.1) is 12.7 Å². The van der Waals surface area contributed by atoms with E-state index >= 15 is 0 Å². The Kier molecular flexibility index (Phi) is 3.85. The summed E-state index contributed by atoms with van der Waals surface area (Å²) in [4.78, 5) is 0. The monoisotopic (exact) mass is 263 g/mol. The van der Waals surface area contributed by atoms with Crippen LogP contribution < -0.4 is 10.5 Å². The summed E-state index contributed by atoms with van der Waals surface area (Å²) >= 11 is 0. The van der Waals surface area contributed by atoms with Gasteiger partial charge >= 0.3 is 0 Å². The first-order valence-electron chi connectivity index (χ1n) is 6.11. The molecule has 2 aromatic rings. The van der Waals surface area contributed by atoms with Crippen molar-refractivity contribution >= 4 is 0 Å². The Morgan fingerprint density at radius 3 is 2.63 bits per heavy atom. The molecule has 1 aromatic carbocycles. The van der Waals surface area contributed by atoms with Crippen LogP contribution in [0.3, 0.4) is 0 Å². The second kappa shape index (κ2) is 5.40. The number of rotatable bonds is 4. The Bertz CT molecular complexity index is 580. The standard InChI is InChI=1S/C14H18FN3O/c1-9-6-13(18(2)17-9)11(8-16)10-4-5-14(19-3)12(15)7-10/h4-7,11H,8,16H2,1-3H3. The summed E-state index contributed by atoms with van der Waals surface area (Å²) in [5, 5.41) is 4.30. The first-order valence-corrected chi connectivity index (χ1v) is 6.11. The predicted octanol–water partition coefficient (Wildman–Crippen LogP) is 1.97. The van der Waals surface area contributed by atoms with Gasteiger partial charge in [-0.15, -0.1) is 0 Å². The number of hydrogen-bond donors (Lipinski definition) is 1. The van der Waals surface area contributed by atoms with Crippen molar-refractivity contribution in [3.8, 4) is 5.75 Å². The summed E-state index contributed by atoms with van der Waals surface area (Å²) in [5.41, 5.74) is 8.56. The van der Waals surface area contributed by atoms with Gasteiger partial charge in [-0.05, 0) is 30.7 Å². The highest BCUT2D eigenvalue weighted by molar-refractivity contribution is 5.35. The number of halogens is 1. The average Bonchev–Trinajstić information content (AvgIpc) is 2.70. The van der Waals surface area contributed by atoms with E-state index in [9.17, 15) is 4.39 Å². The van der Waals surface area contributed by atoms with Gasteiger partial charge in [0.15, 0.2) is 11.6 Å². The quantitative estimate of drug-likeness (QED) is 0.917. The molecule has 19 heavy (non-hydrogen) atoms. The van der Waals surface area contributed by atoms with E-state index in [4.69, 9.17) is 10.5 Å². The van der Waals surface area contributed by atoms with Gasteiger partial charge in [0.25, 0.3) is 0 Å². The lowest BCUT2D eigenvalue weighted by Crippen LogP contribution is -2.17. The van der Waals surface area contributed by atoms with Crippen molar-refractivity contribution in [2.75, 3.05) is 13.7 Å². The van der Waals surface area contributed by atoms with E-state index in [1.54, 1.807) is 10.7 Å². The van der Waals surface area contributed by atoms with Gasteiger partial charge in [-0.25, -0.2) is 4.39 Å². The Morgan fingerprint density at radius 2 is 2.16 bits per heavy atom. The molecule has 5 heteroatoms. The number of aromatic nitrogens is 2. The molecule has 0 aliphatic rings. The molecular weight excluding hydrogens is 245 g/mol. The molecule has 4 nitrogen and oxygen atoms in total. The van der Waals surface area contributed by atoms with Crippen LogP contribution in [0.25, 0.3) is 0 Å². The van der Waals surface area contributed by atoms with Crippen molar-refractivity contribution < 1.29 is 9.13 Å². The van der Waals surface area contributed by atoms with Crippen molar-refractivity contribution in [2.45, 2.75) is 12.8 Å². The topological polar surface area (TPSA) is 53.1 Å². The molecule has 0 aliphatic heterocycles. The SMILES string of the molecule is COc1ccc(C(CN)c2cc(C)nn2C)cc1F. The van der Waals surface area contributed by atoms with E-state index < -0.39 is 0 Å². The second-order valence-corrected chi connectivity index (χ2v) is 4.52. The zero-order valence-corrected chi connectivity index (χ0v) is 11.4. The number of ether oxygens (including phenoxy) is 1. The van der Waals surface area contributed by atoms with E-state index in [0.717, 1.165) is 17.0 Å². The molecular formula is C14H18FN3O. The summed E-state index contributed by atoms with van der Waals surface area (Å²) in [5.74, 6) is -0.218. The molecule has 1 unspecified atom stereocenters. The van der Waals surface area contributed by atoms with Crippen LogP contribution in [0.5, 0.6) is 5.75 Å². The molecule has 0 bridgehead atoms. The molecule has 0 fully saturated rings. The number of nitrogens with two attached hydrogens (primary N) is 1. The molecule has 2 rings (SSSR count).